The van der Waals surface area contributed by atoms with Crippen molar-refractivity contribution in [3.8, 4) is 0 Å². The van der Waals surface area contributed by atoms with Crippen molar-refractivity contribution in [1.82, 2.24) is 19.8 Å². The van der Waals surface area contributed by atoms with Gasteiger partial charge in [0.1, 0.15) is 0 Å². The first-order chi connectivity index (χ1) is 13.1. The van der Waals surface area contributed by atoms with Crippen LogP contribution in [0.5, 0.6) is 0 Å². The smallest absolute Gasteiger partial charge is 0.251 e. The van der Waals surface area contributed by atoms with Crippen LogP contribution in [0.2, 0.25) is 0 Å². The molecule has 0 unspecified atom stereocenters. The number of imidazole rings is 1. The molecule has 2 aliphatic rings. The van der Waals surface area contributed by atoms with Gasteiger partial charge in [0.05, 0.1) is 30.3 Å². The second-order valence-corrected chi connectivity index (χ2v) is 7.08. The van der Waals surface area contributed by atoms with Gasteiger partial charge in [-0.1, -0.05) is 0 Å². The van der Waals surface area contributed by atoms with Gasteiger partial charge in [-0.2, -0.15) is 0 Å². The zero-order valence-electron chi connectivity index (χ0n) is 15.8. The van der Waals surface area contributed by atoms with Crippen LogP contribution < -0.4 is 10.2 Å². The lowest BCUT2D eigenvalue weighted by molar-refractivity contribution is -0.127. The summed E-state index contributed by atoms with van der Waals surface area (Å²) in [6, 6.07) is 5.44. The summed E-state index contributed by atoms with van der Waals surface area (Å²) in [6.45, 7) is 6.23. The Bertz CT molecular complexity index is 872. The maximum Gasteiger partial charge on any atom is 0.251 e. The number of aryl methyl sites for hydroxylation is 1. The van der Waals surface area contributed by atoms with E-state index in [0.29, 0.717) is 38.3 Å². The van der Waals surface area contributed by atoms with E-state index in [-0.39, 0.29) is 17.9 Å². The van der Waals surface area contributed by atoms with Crippen LogP contribution in [0.15, 0.2) is 18.2 Å². The average molecular weight is 371 g/mol. The summed E-state index contributed by atoms with van der Waals surface area (Å²) in [5.74, 6) is 0.829. The number of ether oxygens (including phenoxy) is 1. The van der Waals surface area contributed by atoms with Crippen molar-refractivity contribution in [3.05, 3.63) is 23.8 Å². The number of nitrogens with zero attached hydrogens (tertiary/aromatic N) is 4. The van der Waals surface area contributed by atoms with E-state index < -0.39 is 0 Å². The lowest BCUT2D eigenvalue weighted by Gasteiger charge is -2.27. The highest BCUT2D eigenvalue weighted by Gasteiger charge is 2.29. The predicted octanol–water partition coefficient (Wildman–Crippen LogP) is 0.760. The molecule has 1 N–H and O–H groups in total. The van der Waals surface area contributed by atoms with E-state index >= 15 is 0 Å². The van der Waals surface area contributed by atoms with Crippen molar-refractivity contribution in [3.63, 3.8) is 0 Å². The number of hydrogen-bond donors (Lipinski definition) is 1. The largest absolute Gasteiger partial charge is 0.378 e. The van der Waals surface area contributed by atoms with Crippen LogP contribution in [0.1, 0.15) is 23.7 Å². The molecule has 2 aliphatic heterocycles. The first kappa shape index (κ1) is 17.8. The molecule has 0 radical (unpaired) electrons. The molecule has 1 atom stereocenters. The number of carbonyl (C=O) groups excluding carboxylic acids is 2. The van der Waals surface area contributed by atoms with E-state index in [1.165, 1.54) is 0 Å². The standard InChI is InChI=1S/C19H25N5O3/c1-3-23-12-14(11-17(23)25)20-18(26)13-4-5-16-15(10-13)21-19(22(16)2)24-6-8-27-9-7-24/h4-5,10,14H,3,6-9,11-12H2,1-2H3,(H,20,26)/t14-/m1/s1. The summed E-state index contributed by atoms with van der Waals surface area (Å²) >= 11 is 0. The monoisotopic (exact) mass is 371 g/mol. The molecular weight excluding hydrogens is 346 g/mol. The minimum Gasteiger partial charge on any atom is -0.378 e. The van der Waals surface area contributed by atoms with Crippen LogP contribution in [0.25, 0.3) is 11.0 Å². The Hall–Kier alpha value is -2.61. The number of nitrogens with one attached hydrogen (secondary N) is 1. The summed E-state index contributed by atoms with van der Waals surface area (Å²) < 4.78 is 7.47. The lowest BCUT2D eigenvalue weighted by Crippen LogP contribution is -2.37. The SMILES string of the molecule is CCN1C[C@H](NC(=O)c2ccc3c(c2)nc(N2CCOCC2)n3C)CC1=O. The fraction of sp³-hybridized carbons (Fsp3) is 0.526. The molecule has 0 spiro atoms. The minimum absolute atomic E-state index is 0.0955. The lowest BCUT2D eigenvalue weighted by atomic mass is 10.1. The first-order valence-electron chi connectivity index (χ1n) is 9.44. The van der Waals surface area contributed by atoms with Gasteiger partial charge in [-0.15, -0.1) is 0 Å². The fourth-order valence-electron chi connectivity index (χ4n) is 3.82. The van der Waals surface area contributed by atoms with E-state index in [1.54, 1.807) is 4.90 Å². The van der Waals surface area contributed by atoms with E-state index in [0.717, 1.165) is 30.1 Å². The molecule has 2 aromatic rings. The van der Waals surface area contributed by atoms with Crippen molar-refractivity contribution < 1.29 is 14.3 Å². The summed E-state index contributed by atoms with van der Waals surface area (Å²) in [5.41, 5.74) is 2.35. The number of benzene rings is 1. The van der Waals surface area contributed by atoms with Crippen LogP contribution >= 0.6 is 0 Å². The zero-order valence-corrected chi connectivity index (χ0v) is 15.8. The van der Waals surface area contributed by atoms with Crippen molar-refractivity contribution >= 4 is 28.8 Å². The molecular formula is C19H25N5O3. The quantitative estimate of drug-likeness (QED) is 0.858. The first-order valence-corrected chi connectivity index (χ1v) is 9.44. The van der Waals surface area contributed by atoms with Crippen LogP contribution in [0.3, 0.4) is 0 Å². The van der Waals surface area contributed by atoms with Crippen molar-refractivity contribution in [1.29, 1.82) is 0 Å². The molecule has 144 valence electrons. The number of hydrogen-bond acceptors (Lipinski definition) is 5. The number of morpholine rings is 1. The molecule has 8 nitrogen and oxygen atoms in total. The van der Waals surface area contributed by atoms with Crippen molar-refractivity contribution in [2.75, 3.05) is 44.3 Å². The van der Waals surface area contributed by atoms with Gasteiger partial charge in [-0.05, 0) is 25.1 Å². The third kappa shape index (κ3) is 3.37. The van der Waals surface area contributed by atoms with Gasteiger partial charge in [0.15, 0.2) is 0 Å². The normalized spacial score (nSPS) is 20.5. The van der Waals surface area contributed by atoms with Crippen LogP contribution in [-0.2, 0) is 16.6 Å². The number of anilines is 1. The van der Waals surface area contributed by atoms with Gasteiger partial charge in [-0.3, -0.25) is 9.59 Å². The topological polar surface area (TPSA) is 79.7 Å². The zero-order chi connectivity index (χ0) is 19.0. The second-order valence-electron chi connectivity index (χ2n) is 7.08. The summed E-state index contributed by atoms with van der Waals surface area (Å²) in [7, 11) is 1.99. The second kappa shape index (κ2) is 7.19. The highest BCUT2D eigenvalue weighted by molar-refractivity contribution is 5.98. The molecule has 8 heteroatoms. The summed E-state index contributed by atoms with van der Waals surface area (Å²) in [6.07, 6.45) is 0.368. The molecule has 2 saturated heterocycles. The van der Waals surface area contributed by atoms with Gasteiger partial charge in [-0.25, -0.2) is 4.98 Å². The number of amides is 2. The van der Waals surface area contributed by atoms with E-state index in [2.05, 4.69) is 14.8 Å². The molecule has 0 saturated carbocycles. The Morgan fingerprint density at radius 2 is 2.11 bits per heavy atom. The van der Waals surface area contributed by atoms with Crippen molar-refractivity contribution in [2.45, 2.75) is 19.4 Å². The molecule has 0 aliphatic carbocycles. The molecule has 3 heterocycles. The highest BCUT2D eigenvalue weighted by Crippen LogP contribution is 2.23. The van der Waals surface area contributed by atoms with Crippen LogP contribution in [-0.4, -0.2) is 71.7 Å². The van der Waals surface area contributed by atoms with Gasteiger partial charge < -0.3 is 24.4 Å². The molecule has 1 aromatic carbocycles. The van der Waals surface area contributed by atoms with Crippen molar-refractivity contribution in [2.24, 2.45) is 7.05 Å². The Kier molecular flexibility index (Phi) is 4.73. The van der Waals surface area contributed by atoms with Gasteiger partial charge in [0, 0.05) is 45.2 Å². The van der Waals surface area contributed by atoms with E-state index in [4.69, 9.17) is 9.72 Å². The molecule has 1 aromatic heterocycles. The predicted molar refractivity (Wildman–Crippen MR) is 102 cm³/mol. The molecule has 27 heavy (non-hydrogen) atoms. The third-order valence-electron chi connectivity index (χ3n) is 5.34. The number of likely N-dealkylation sites (tertiary alicyclic amines) is 1. The third-order valence-corrected chi connectivity index (χ3v) is 5.34. The van der Waals surface area contributed by atoms with Gasteiger partial charge >= 0.3 is 0 Å². The summed E-state index contributed by atoms with van der Waals surface area (Å²) in [5, 5.41) is 2.98. The van der Waals surface area contributed by atoms with E-state index in [9.17, 15) is 9.59 Å². The molecule has 2 amide bonds. The fourth-order valence-corrected chi connectivity index (χ4v) is 3.82. The molecule has 2 fully saturated rings. The average Bonchev–Trinajstić information content (AvgIpc) is 3.21. The Morgan fingerprint density at radius 1 is 1.33 bits per heavy atom. The number of carbonyl (C=O) groups is 2. The number of rotatable bonds is 4. The number of fused-ring (bicyclic) bond motifs is 1. The summed E-state index contributed by atoms with van der Waals surface area (Å²) in [4.78, 5) is 33.2. The maximum absolute atomic E-state index is 12.6. The Morgan fingerprint density at radius 3 is 2.81 bits per heavy atom. The van der Waals surface area contributed by atoms with Crippen LogP contribution in [0, 0.1) is 0 Å². The van der Waals surface area contributed by atoms with Crippen LogP contribution in [0.4, 0.5) is 5.95 Å². The highest BCUT2D eigenvalue weighted by atomic mass is 16.5. The number of aromatic nitrogens is 2. The minimum atomic E-state index is -0.161. The molecule has 4 rings (SSSR count). The Balaban J connectivity index is 1.52. The maximum atomic E-state index is 12.6. The van der Waals surface area contributed by atoms with E-state index in [1.807, 2.05) is 32.2 Å². The molecule has 0 bridgehead atoms. The Labute approximate surface area is 158 Å². The number of likely N-dealkylation sites (N-methyl/N-ethyl adjacent to an activating group) is 1. The van der Waals surface area contributed by atoms with Gasteiger partial charge in [0.25, 0.3) is 5.91 Å². The van der Waals surface area contributed by atoms with Gasteiger partial charge in [0.2, 0.25) is 11.9 Å².